The summed E-state index contributed by atoms with van der Waals surface area (Å²) < 4.78 is 7.96. The predicted molar refractivity (Wildman–Crippen MR) is 149 cm³/mol. The third-order valence-corrected chi connectivity index (χ3v) is 8.72. The third-order valence-electron chi connectivity index (χ3n) is 5.32. The van der Waals surface area contributed by atoms with Crippen LogP contribution in [0.2, 0.25) is 0 Å². The zero-order valence-electron chi connectivity index (χ0n) is 19.1. The number of thiophene rings is 1. The van der Waals surface area contributed by atoms with Gasteiger partial charge in [0.15, 0.2) is 5.43 Å². The lowest BCUT2D eigenvalue weighted by Gasteiger charge is -2.16. The van der Waals surface area contributed by atoms with Crippen LogP contribution < -0.4 is 20.8 Å². The SMILES string of the molecule is CSc1cc(Br)c(OCCc2scnc2C)c(CNCCCNc2cc3[nH]ccc(=O)c3s2)c1. The maximum atomic E-state index is 11.9. The largest absolute Gasteiger partial charge is 0.492 e. The number of nitrogens with one attached hydrogen (secondary N) is 3. The highest BCUT2D eigenvalue weighted by atomic mass is 79.9. The topological polar surface area (TPSA) is 79.0 Å². The standard InChI is InChI=1S/C24H27BrN4O2S3/c1-15-21(33-14-29-15)5-9-31-23-16(10-17(32-2)11-18(23)25)13-26-6-3-7-28-22-12-19-24(34-22)20(30)4-8-27-19/h4,8,10-12,14,26,28H,3,5-7,9,13H2,1-2H3,(H,27,30). The van der Waals surface area contributed by atoms with Crippen LogP contribution in [-0.2, 0) is 13.0 Å². The summed E-state index contributed by atoms with van der Waals surface area (Å²) in [5, 5.41) is 7.98. The number of anilines is 1. The van der Waals surface area contributed by atoms with Gasteiger partial charge in [-0.05, 0) is 60.3 Å². The van der Waals surface area contributed by atoms with Crippen LogP contribution in [0.25, 0.3) is 10.2 Å². The average Bonchev–Trinajstić information content (AvgIpc) is 3.44. The second-order valence-corrected chi connectivity index (χ2v) is 11.4. The molecule has 0 atom stereocenters. The van der Waals surface area contributed by atoms with E-state index in [0.717, 1.165) is 69.2 Å². The molecule has 0 aliphatic carbocycles. The number of halogens is 1. The summed E-state index contributed by atoms with van der Waals surface area (Å²) in [6.07, 6.45) is 5.59. The minimum atomic E-state index is 0.0623. The van der Waals surface area contributed by atoms with Gasteiger partial charge in [0.05, 0.1) is 32.8 Å². The molecule has 0 amide bonds. The molecule has 3 aromatic heterocycles. The quantitative estimate of drug-likeness (QED) is 0.140. The van der Waals surface area contributed by atoms with Crippen LogP contribution in [0.1, 0.15) is 22.6 Å². The first-order chi connectivity index (χ1) is 16.5. The van der Waals surface area contributed by atoms with E-state index < -0.39 is 0 Å². The molecule has 0 unspecified atom stereocenters. The van der Waals surface area contributed by atoms with Crippen molar-refractivity contribution in [1.29, 1.82) is 0 Å². The molecule has 6 nitrogen and oxygen atoms in total. The van der Waals surface area contributed by atoms with E-state index in [1.54, 1.807) is 35.4 Å². The smallest absolute Gasteiger partial charge is 0.199 e. The van der Waals surface area contributed by atoms with Crippen LogP contribution in [0.3, 0.4) is 0 Å². The van der Waals surface area contributed by atoms with Crippen LogP contribution in [0.15, 0.2) is 50.1 Å². The Balaban J connectivity index is 1.27. The second-order valence-electron chi connectivity index (χ2n) is 7.71. The molecule has 1 aromatic carbocycles. The number of nitrogens with zero attached hydrogens (tertiary/aromatic N) is 1. The molecule has 180 valence electrons. The van der Waals surface area contributed by atoms with Crippen LogP contribution in [0, 0.1) is 6.92 Å². The van der Waals surface area contributed by atoms with Gasteiger partial charge >= 0.3 is 0 Å². The summed E-state index contributed by atoms with van der Waals surface area (Å²) in [7, 11) is 0. The highest BCUT2D eigenvalue weighted by molar-refractivity contribution is 9.10. The molecular weight excluding hydrogens is 552 g/mol. The molecule has 10 heteroatoms. The number of thioether (sulfide) groups is 1. The minimum absolute atomic E-state index is 0.0623. The van der Waals surface area contributed by atoms with Gasteiger partial charge in [-0.3, -0.25) is 4.79 Å². The van der Waals surface area contributed by atoms with Crippen molar-refractivity contribution >= 4 is 65.6 Å². The Morgan fingerprint density at radius 3 is 2.91 bits per heavy atom. The molecule has 4 aromatic rings. The molecule has 0 bridgehead atoms. The number of ether oxygens (including phenoxy) is 1. The summed E-state index contributed by atoms with van der Waals surface area (Å²) in [6.45, 7) is 5.10. The first-order valence-electron chi connectivity index (χ1n) is 11.0. The lowest BCUT2D eigenvalue weighted by molar-refractivity contribution is 0.316. The summed E-state index contributed by atoms with van der Waals surface area (Å²) in [6, 6.07) is 7.87. The Morgan fingerprint density at radius 2 is 2.15 bits per heavy atom. The number of hydrogen-bond acceptors (Lipinski definition) is 8. The average molecular weight is 580 g/mol. The number of aryl methyl sites for hydroxylation is 1. The number of fused-ring (bicyclic) bond motifs is 1. The van der Waals surface area contributed by atoms with E-state index in [4.69, 9.17) is 4.74 Å². The summed E-state index contributed by atoms with van der Waals surface area (Å²) in [5.41, 5.74) is 5.07. The molecule has 3 N–H and O–H groups in total. The van der Waals surface area contributed by atoms with Crippen molar-refractivity contribution in [3.8, 4) is 5.75 Å². The molecule has 0 radical (unpaired) electrons. The molecule has 3 heterocycles. The Hall–Kier alpha value is -1.85. The number of rotatable bonds is 12. The highest BCUT2D eigenvalue weighted by Crippen LogP contribution is 2.34. The van der Waals surface area contributed by atoms with E-state index in [2.05, 4.69) is 54.9 Å². The van der Waals surface area contributed by atoms with Gasteiger partial charge in [0.1, 0.15) is 10.4 Å². The van der Waals surface area contributed by atoms with E-state index in [-0.39, 0.29) is 5.43 Å². The van der Waals surface area contributed by atoms with Gasteiger partial charge in [0.25, 0.3) is 0 Å². The molecule has 0 aliphatic heterocycles. The molecule has 0 saturated heterocycles. The van der Waals surface area contributed by atoms with Crippen LogP contribution in [0.4, 0.5) is 5.00 Å². The first kappa shape index (κ1) is 25.2. The van der Waals surface area contributed by atoms with Gasteiger partial charge in [-0.15, -0.1) is 34.4 Å². The van der Waals surface area contributed by atoms with Crippen molar-refractivity contribution in [2.75, 3.05) is 31.3 Å². The lowest BCUT2D eigenvalue weighted by Crippen LogP contribution is -2.18. The van der Waals surface area contributed by atoms with Gasteiger partial charge < -0.3 is 20.4 Å². The Morgan fingerprint density at radius 1 is 1.26 bits per heavy atom. The Bertz CT molecular complexity index is 1300. The van der Waals surface area contributed by atoms with Gasteiger partial charge in [-0.1, -0.05) is 0 Å². The van der Waals surface area contributed by atoms with Gasteiger partial charge in [0, 0.05) is 47.1 Å². The number of aromatic nitrogens is 2. The molecular formula is C24H27BrN4O2S3. The zero-order valence-corrected chi connectivity index (χ0v) is 23.1. The van der Waals surface area contributed by atoms with E-state index in [9.17, 15) is 4.79 Å². The Kier molecular flexibility index (Phi) is 9.07. The lowest BCUT2D eigenvalue weighted by atomic mass is 10.2. The molecule has 34 heavy (non-hydrogen) atoms. The minimum Gasteiger partial charge on any atom is -0.492 e. The summed E-state index contributed by atoms with van der Waals surface area (Å²) >= 11 is 8.60. The maximum Gasteiger partial charge on any atom is 0.199 e. The fourth-order valence-electron chi connectivity index (χ4n) is 3.54. The fourth-order valence-corrected chi connectivity index (χ4v) is 6.54. The summed E-state index contributed by atoms with van der Waals surface area (Å²) in [4.78, 5) is 21.8. The number of thiazole rings is 1. The number of H-pyrrole nitrogens is 1. The first-order valence-corrected chi connectivity index (χ1v) is 14.7. The van der Waals surface area contributed by atoms with Crippen LogP contribution in [0.5, 0.6) is 5.75 Å². The van der Waals surface area contributed by atoms with Crippen LogP contribution >= 0.6 is 50.4 Å². The third kappa shape index (κ3) is 6.42. The van der Waals surface area contributed by atoms with E-state index in [0.29, 0.717) is 6.61 Å². The van der Waals surface area contributed by atoms with Gasteiger partial charge in [-0.2, -0.15) is 0 Å². The maximum absolute atomic E-state index is 11.9. The molecule has 0 fully saturated rings. The summed E-state index contributed by atoms with van der Waals surface area (Å²) in [5.74, 6) is 0.903. The number of pyridine rings is 1. The fraction of sp³-hybridized carbons (Fsp3) is 0.333. The van der Waals surface area contributed by atoms with E-state index >= 15 is 0 Å². The molecule has 0 spiro atoms. The van der Waals surface area contributed by atoms with Crippen molar-refractivity contribution in [2.45, 2.75) is 31.2 Å². The zero-order chi connectivity index (χ0) is 23.9. The van der Waals surface area contributed by atoms with Gasteiger partial charge in [-0.25, -0.2) is 4.98 Å². The highest BCUT2D eigenvalue weighted by Gasteiger charge is 2.12. The van der Waals surface area contributed by atoms with E-state index in [1.165, 1.54) is 21.1 Å². The van der Waals surface area contributed by atoms with Crippen molar-refractivity contribution in [3.05, 3.63) is 66.8 Å². The molecule has 4 rings (SSSR count). The van der Waals surface area contributed by atoms with Crippen LogP contribution in [-0.4, -0.2) is 35.9 Å². The van der Waals surface area contributed by atoms with E-state index in [1.807, 2.05) is 18.5 Å². The van der Waals surface area contributed by atoms with Crippen molar-refractivity contribution in [3.63, 3.8) is 0 Å². The number of hydrogen-bond donors (Lipinski definition) is 3. The van der Waals surface area contributed by atoms with Crippen molar-refractivity contribution in [1.82, 2.24) is 15.3 Å². The molecule has 0 saturated carbocycles. The second kappa shape index (κ2) is 12.2. The number of aromatic amines is 1. The van der Waals surface area contributed by atoms with Crippen molar-refractivity contribution in [2.24, 2.45) is 0 Å². The molecule has 0 aliphatic rings. The normalized spacial score (nSPS) is 11.3. The predicted octanol–water partition coefficient (Wildman–Crippen LogP) is 6.05. The Labute approximate surface area is 219 Å². The van der Waals surface area contributed by atoms with Crippen molar-refractivity contribution < 1.29 is 4.74 Å². The van der Waals surface area contributed by atoms with Gasteiger partial charge in [0.2, 0.25) is 0 Å². The monoisotopic (exact) mass is 578 g/mol. The number of benzene rings is 1.